The second-order valence-corrected chi connectivity index (χ2v) is 5.91. The lowest BCUT2D eigenvalue weighted by atomic mass is 9.98. The van der Waals surface area contributed by atoms with Gasteiger partial charge in [-0.25, -0.2) is 0 Å². The molecule has 1 N–H and O–H groups in total. The van der Waals surface area contributed by atoms with Crippen molar-refractivity contribution in [1.29, 1.82) is 0 Å². The Balaban J connectivity index is 1.58. The smallest absolute Gasteiger partial charge is 0.0507 e. The molecule has 0 bridgehead atoms. The van der Waals surface area contributed by atoms with Crippen molar-refractivity contribution in [3.8, 4) is 0 Å². The molecule has 2 rings (SSSR count). The molecule has 2 aliphatic heterocycles. The third kappa shape index (κ3) is 4.52. The van der Waals surface area contributed by atoms with Crippen molar-refractivity contribution < 1.29 is 4.74 Å². The van der Waals surface area contributed by atoms with E-state index in [4.69, 9.17) is 4.74 Å². The summed E-state index contributed by atoms with van der Waals surface area (Å²) in [6, 6.07) is 0.861. The zero-order chi connectivity index (χ0) is 12.6. The molecule has 0 aromatic carbocycles. The van der Waals surface area contributed by atoms with Gasteiger partial charge in [0, 0.05) is 32.3 Å². The van der Waals surface area contributed by atoms with Crippen molar-refractivity contribution >= 4 is 0 Å². The lowest BCUT2D eigenvalue weighted by Crippen LogP contribution is -2.43. The number of nitrogens with zero attached hydrogens (tertiary/aromatic N) is 1. The topological polar surface area (TPSA) is 24.5 Å². The number of ether oxygens (including phenoxy) is 1. The molecule has 0 saturated carbocycles. The fraction of sp³-hybridized carbons (Fsp3) is 1.00. The molecule has 3 heteroatoms. The number of nitrogens with one attached hydrogen (secondary N) is 1. The van der Waals surface area contributed by atoms with Crippen LogP contribution in [0.2, 0.25) is 0 Å². The maximum Gasteiger partial charge on any atom is 0.0507 e. The minimum Gasteiger partial charge on any atom is -0.381 e. The first-order chi connectivity index (χ1) is 8.90. The number of piperidine rings is 1. The Morgan fingerprint density at radius 2 is 2.22 bits per heavy atom. The Morgan fingerprint density at radius 3 is 3.00 bits per heavy atom. The molecule has 2 fully saturated rings. The lowest BCUT2D eigenvalue weighted by Gasteiger charge is -2.35. The van der Waals surface area contributed by atoms with Crippen LogP contribution in [0.4, 0.5) is 0 Å². The highest BCUT2D eigenvalue weighted by molar-refractivity contribution is 4.77. The number of rotatable bonds is 7. The molecule has 2 aliphatic rings. The van der Waals surface area contributed by atoms with Crippen LogP contribution < -0.4 is 5.32 Å². The molecule has 0 amide bonds. The first-order valence-corrected chi connectivity index (χ1v) is 7.92. The third-order valence-corrected chi connectivity index (χ3v) is 4.40. The molecule has 2 saturated heterocycles. The molecule has 0 aliphatic carbocycles. The Morgan fingerprint density at radius 1 is 1.28 bits per heavy atom. The molecule has 0 aromatic heterocycles. The van der Waals surface area contributed by atoms with Crippen molar-refractivity contribution in [2.45, 2.75) is 51.5 Å². The van der Waals surface area contributed by atoms with E-state index in [0.717, 1.165) is 38.3 Å². The van der Waals surface area contributed by atoms with Crippen molar-refractivity contribution in [1.82, 2.24) is 10.2 Å². The predicted molar refractivity (Wildman–Crippen MR) is 75.9 cm³/mol. The van der Waals surface area contributed by atoms with Gasteiger partial charge >= 0.3 is 0 Å². The van der Waals surface area contributed by atoms with Gasteiger partial charge in [0.1, 0.15) is 0 Å². The largest absolute Gasteiger partial charge is 0.381 e. The van der Waals surface area contributed by atoms with E-state index in [0.29, 0.717) is 0 Å². The van der Waals surface area contributed by atoms with E-state index in [2.05, 4.69) is 17.1 Å². The van der Waals surface area contributed by atoms with Crippen molar-refractivity contribution in [3.63, 3.8) is 0 Å². The molecule has 106 valence electrons. The van der Waals surface area contributed by atoms with Crippen LogP contribution in [0.5, 0.6) is 0 Å². The molecular formula is C15H30N2O. The summed E-state index contributed by atoms with van der Waals surface area (Å²) in [6.45, 7) is 9.09. The van der Waals surface area contributed by atoms with Crippen LogP contribution >= 0.6 is 0 Å². The molecule has 0 spiro atoms. The molecule has 2 atom stereocenters. The van der Waals surface area contributed by atoms with Gasteiger partial charge in [-0.3, -0.25) is 4.90 Å². The van der Waals surface area contributed by atoms with Crippen LogP contribution in [-0.2, 0) is 4.74 Å². The van der Waals surface area contributed by atoms with Gasteiger partial charge in [0.25, 0.3) is 0 Å². The van der Waals surface area contributed by atoms with E-state index in [1.54, 1.807) is 0 Å². The number of hydrogen-bond acceptors (Lipinski definition) is 3. The van der Waals surface area contributed by atoms with E-state index in [1.807, 2.05) is 0 Å². The fourth-order valence-electron chi connectivity index (χ4n) is 3.29. The zero-order valence-electron chi connectivity index (χ0n) is 12.0. The average Bonchev–Trinajstić information content (AvgIpc) is 2.90. The van der Waals surface area contributed by atoms with E-state index >= 15 is 0 Å². The van der Waals surface area contributed by atoms with Gasteiger partial charge < -0.3 is 10.1 Å². The summed E-state index contributed by atoms with van der Waals surface area (Å²) in [7, 11) is 0. The quantitative estimate of drug-likeness (QED) is 0.705. The third-order valence-electron chi connectivity index (χ3n) is 4.40. The van der Waals surface area contributed by atoms with Gasteiger partial charge in [0.05, 0.1) is 6.61 Å². The van der Waals surface area contributed by atoms with Gasteiger partial charge in [-0.05, 0) is 38.1 Å². The summed E-state index contributed by atoms with van der Waals surface area (Å²) in [5, 5.41) is 3.62. The highest BCUT2D eigenvalue weighted by Gasteiger charge is 2.21. The summed E-state index contributed by atoms with van der Waals surface area (Å²) < 4.78 is 5.40. The first-order valence-electron chi connectivity index (χ1n) is 7.92. The summed E-state index contributed by atoms with van der Waals surface area (Å²) >= 11 is 0. The molecular weight excluding hydrogens is 224 g/mol. The highest BCUT2D eigenvalue weighted by Crippen LogP contribution is 2.20. The second kappa shape index (κ2) is 8.13. The normalized spacial score (nSPS) is 29.8. The summed E-state index contributed by atoms with van der Waals surface area (Å²) in [4.78, 5) is 2.71. The molecule has 0 radical (unpaired) electrons. The average molecular weight is 254 g/mol. The van der Waals surface area contributed by atoms with Crippen LogP contribution in [0.1, 0.15) is 45.4 Å². The van der Waals surface area contributed by atoms with Gasteiger partial charge in [-0.15, -0.1) is 0 Å². The van der Waals surface area contributed by atoms with E-state index in [9.17, 15) is 0 Å². The van der Waals surface area contributed by atoms with Crippen LogP contribution in [0.3, 0.4) is 0 Å². The van der Waals surface area contributed by atoms with Gasteiger partial charge in [-0.1, -0.05) is 19.8 Å². The van der Waals surface area contributed by atoms with Crippen LogP contribution in [0, 0.1) is 5.92 Å². The standard InChI is InChI=1S/C15H30N2O/c1-2-5-15-6-3-4-9-17(15)10-8-16-12-14-7-11-18-13-14/h14-16H,2-13H2,1H3. The van der Waals surface area contributed by atoms with Crippen molar-refractivity contribution in [3.05, 3.63) is 0 Å². The summed E-state index contributed by atoms with van der Waals surface area (Å²) in [5.41, 5.74) is 0. The van der Waals surface area contributed by atoms with Crippen LogP contribution in [0.25, 0.3) is 0 Å². The minimum absolute atomic E-state index is 0.762. The van der Waals surface area contributed by atoms with Crippen LogP contribution in [0.15, 0.2) is 0 Å². The van der Waals surface area contributed by atoms with E-state index in [1.165, 1.54) is 51.6 Å². The van der Waals surface area contributed by atoms with Gasteiger partial charge in [0.15, 0.2) is 0 Å². The van der Waals surface area contributed by atoms with Crippen molar-refractivity contribution in [2.75, 3.05) is 39.4 Å². The summed E-state index contributed by atoms with van der Waals surface area (Å²) in [6.07, 6.45) is 8.22. The van der Waals surface area contributed by atoms with Gasteiger partial charge in [0.2, 0.25) is 0 Å². The molecule has 0 aromatic rings. The maximum atomic E-state index is 5.40. The zero-order valence-corrected chi connectivity index (χ0v) is 12.0. The molecule has 3 nitrogen and oxygen atoms in total. The van der Waals surface area contributed by atoms with Crippen molar-refractivity contribution in [2.24, 2.45) is 5.92 Å². The first kappa shape index (κ1) is 14.3. The summed E-state index contributed by atoms with van der Waals surface area (Å²) in [5.74, 6) is 0.762. The Bertz CT molecular complexity index is 215. The molecule has 2 unspecified atom stereocenters. The monoisotopic (exact) mass is 254 g/mol. The Hall–Kier alpha value is -0.120. The minimum atomic E-state index is 0.762. The second-order valence-electron chi connectivity index (χ2n) is 5.91. The molecule has 18 heavy (non-hydrogen) atoms. The Kier molecular flexibility index (Phi) is 6.46. The maximum absolute atomic E-state index is 5.40. The number of hydrogen-bond donors (Lipinski definition) is 1. The molecule has 2 heterocycles. The highest BCUT2D eigenvalue weighted by atomic mass is 16.5. The Labute approximate surface area is 112 Å². The predicted octanol–water partition coefficient (Wildman–Crippen LogP) is 2.27. The van der Waals surface area contributed by atoms with E-state index in [-0.39, 0.29) is 0 Å². The lowest BCUT2D eigenvalue weighted by molar-refractivity contribution is 0.139. The van der Waals surface area contributed by atoms with Gasteiger partial charge in [-0.2, -0.15) is 0 Å². The number of likely N-dealkylation sites (tertiary alicyclic amines) is 1. The SMILES string of the molecule is CCCC1CCCCN1CCNCC1CCOC1. The van der Waals surface area contributed by atoms with Crippen LogP contribution in [-0.4, -0.2) is 50.3 Å². The van der Waals surface area contributed by atoms with E-state index < -0.39 is 0 Å². The fourth-order valence-corrected chi connectivity index (χ4v) is 3.29.